The summed E-state index contributed by atoms with van der Waals surface area (Å²) < 4.78 is 51.2. The van der Waals surface area contributed by atoms with E-state index in [9.17, 15) is 16.8 Å². The second-order valence-corrected chi connectivity index (χ2v) is 7.93. The van der Waals surface area contributed by atoms with Crippen LogP contribution >= 0.6 is 0 Å². The van der Waals surface area contributed by atoms with Gasteiger partial charge >= 0.3 is 0 Å². The van der Waals surface area contributed by atoms with Gasteiger partial charge in [-0.2, -0.15) is 9.57 Å². The molecule has 0 radical (unpaired) electrons. The zero-order chi connectivity index (χ0) is 13.5. The molecule has 0 saturated heterocycles. The fraction of sp³-hybridized carbons (Fsp3) is 0.875. The van der Waals surface area contributed by atoms with Gasteiger partial charge in [-0.25, -0.2) is 16.8 Å². The Morgan fingerprint density at radius 3 is 2.24 bits per heavy atom. The summed E-state index contributed by atoms with van der Waals surface area (Å²) in [6.07, 6.45) is 0.857. The predicted octanol–water partition coefficient (Wildman–Crippen LogP) is -0.820. The Labute approximate surface area is 102 Å². The molecule has 0 unspecified atom stereocenters. The fourth-order valence-electron chi connectivity index (χ4n) is 1.10. The van der Waals surface area contributed by atoms with Crippen LogP contribution in [-0.2, 0) is 24.6 Å². The van der Waals surface area contributed by atoms with Gasteiger partial charge in [0.15, 0.2) is 14.9 Å². The highest BCUT2D eigenvalue weighted by Gasteiger charge is 2.25. The molecule has 0 rings (SSSR count). The third-order valence-corrected chi connectivity index (χ3v) is 5.83. The van der Waals surface area contributed by atoms with E-state index in [1.54, 1.807) is 0 Å². The smallest absolute Gasteiger partial charge is 0.228 e. The standard InChI is InChI=1S/C8H16N2O5S2/c1-15-7-6-10(5-3-4-9)17(13,14)8-16(2,11)12/h3,5-8H2,1-2H3. The first-order valence-electron chi connectivity index (χ1n) is 4.74. The average molecular weight is 284 g/mol. The summed E-state index contributed by atoms with van der Waals surface area (Å²) in [5, 5.41) is 7.47. The highest BCUT2D eigenvalue weighted by molar-refractivity contribution is 8.06. The summed E-state index contributed by atoms with van der Waals surface area (Å²) >= 11 is 0. The Kier molecular flexibility index (Phi) is 6.62. The molecular weight excluding hydrogens is 268 g/mol. The number of hydrogen-bond acceptors (Lipinski definition) is 6. The summed E-state index contributed by atoms with van der Waals surface area (Å²) in [7, 11) is -6.13. The minimum atomic E-state index is -3.91. The molecule has 17 heavy (non-hydrogen) atoms. The summed E-state index contributed by atoms with van der Waals surface area (Å²) in [6.45, 7) is 0.155. The van der Waals surface area contributed by atoms with Crippen LogP contribution in [0.15, 0.2) is 0 Å². The van der Waals surface area contributed by atoms with Crippen molar-refractivity contribution in [3.63, 3.8) is 0 Å². The molecule has 7 nitrogen and oxygen atoms in total. The summed E-state index contributed by atoms with van der Waals surface area (Å²) in [4.78, 5) is 0. The van der Waals surface area contributed by atoms with Crippen molar-refractivity contribution in [2.45, 2.75) is 6.42 Å². The van der Waals surface area contributed by atoms with E-state index >= 15 is 0 Å². The third-order valence-electron chi connectivity index (χ3n) is 1.77. The van der Waals surface area contributed by atoms with E-state index in [0.717, 1.165) is 10.6 Å². The van der Waals surface area contributed by atoms with Gasteiger partial charge in [0.1, 0.15) is 0 Å². The van der Waals surface area contributed by atoms with Gasteiger partial charge in [0, 0.05) is 32.9 Å². The second kappa shape index (κ2) is 6.90. The van der Waals surface area contributed by atoms with E-state index in [-0.39, 0.29) is 26.1 Å². The summed E-state index contributed by atoms with van der Waals surface area (Å²) in [6, 6.07) is 1.81. The molecule has 0 aromatic rings. The van der Waals surface area contributed by atoms with E-state index in [1.807, 2.05) is 6.07 Å². The lowest BCUT2D eigenvalue weighted by atomic mass is 10.4. The highest BCUT2D eigenvalue weighted by atomic mass is 32.3. The maximum Gasteiger partial charge on any atom is 0.228 e. The maximum absolute atomic E-state index is 11.7. The van der Waals surface area contributed by atoms with Gasteiger partial charge in [-0.15, -0.1) is 0 Å². The van der Waals surface area contributed by atoms with Crippen molar-refractivity contribution in [3.8, 4) is 6.07 Å². The molecule has 0 spiro atoms. The number of nitriles is 1. The minimum Gasteiger partial charge on any atom is -0.383 e. The van der Waals surface area contributed by atoms with Crippen molar-refractivity contribution in [2.24, 2.45) is 0 Å². The van der Waals surface area contributed by atoms with Crippen molar-refractivity contribution in [3.05, 3.63) is 0 Å². The molecule has 0 saturated carbocycles. The molecule has 0 aliphatic heterocycles. The van der Waals surface area contributed by atoms with Gasteiger partial charge < -0.3 is 4.74 Å². The molecule has 0 bridgehead atoms. The van der Waals surface area contributed by atoms with Crippen LogP contribution in [0.25, 0.3) is 0 Å². The van der Waals surface area contributed by atoms with Crippen molar-refractivity contribution >= 4 is 19.9 Å². The molecule has 0 aliphatic rings. The summed E-state index contributed by atoms with van der Waals surface area (Å²) in [5.41, 5.74) is 0. The number of sulfonamides is 1. The largest absolute Gasteiger partial charge is 0.383 e. The van der Waals surface area contributed by atoms with Crippen LogP contribution in [-0.4, -0.2) is 59.3 Å². The van der Waals surface area contributed by atoms with Crippen LogP contribution in [0.2, 0.25) is 0 Å². The van der Waals surface area contributed by atoms with Crippen molar-refractivity contribution in [1.29, 1.82) is 5.26 Å². The van der Waals surface area contributed by atoms with Crippen LogP contribution in [0.3, 0.4) is 0 Å². The van der Waals surface area contributed by atoms with Crippen LogP contribution in [0.5, 0.6) is 0 Å². The average Bonchev–Trinajstić information content (AvgIpc) is 2.13. The highest BCUT2D eigenvalue weighted by Crippen LogP contribution is 2.05. The van der Waals surface area contributed by atoms with Crippen LogP contribution < -0.4 is 0 Å². The number of ether oxygens (including phenoxy) is 1. The molecule has 0 aliphatic carbocycles. The normalized spacial score (nSPS) is 12.6. The first-order chi connectivity index (χ1) is 7.73. The quantitative estimate of drug-likeness (QED) is 0.576. The molecule has 0 amide bonds. The Hall–Kier alpha value is -0.690. The first-order valence-corrected chi connectivity index (χ1v) is 8.41. The topological polar surface area (TPSA) is 105 Å². The molecule has 0 aromatic heterocycles. The number of methoxy groups -OCH3 is 1. The predicted molar refractivity (Wildman–Crippen MR) is 62.3 cm³/mol. The van der Waals surface area contributed by atoms with Gasteiger partial charge in [-0.05, 0) is 0 Å². The van der Waals surface area contributed by atoms with Gasteiger partial charge in [0.25, 0.3) is 0 Å². The molecule has 0 heterocycles. The maximum atomic E-state index is 11.7. The molecule has 100 valence electrons. The first kappa shape index (κ1) is 16.3. The molecular formula is C8H16N2O5S2. The lowest BCUT2D eigenvalue weighted by Gasteiger charge is -2.19. The number of rotatable bonds is 8. The lowest BCUT2D eigenvalue weighted by Crippen LogP contribution is -2.38. The van der Waals surface area contributed by atoms with Gasteiger partial charge in [0.05, 0.1) is 12.7 Å². The second-order valence-electron chi connectivity index (χ2n) is 3.46. The minimum absolute atomic E-state index is 0.00665. The van der Waals surface area contributed by atoms with E-state index in [0.29, 0.717) is 0 Å². The molecule has 0 fully saturated rings. The zero-order valence-corrected chi connectivity index (χ0v) is 11.4. The SMILES string of the molecule is COCCN(CCC#N)S(=O)(=O)CS(C)(=O)=O. The van der Waals surface area contributed by atoms with Crippen LogP contribution in [0.1, 0.15) is 6.42 Å². The van der Waals surface area contributed by atoms with Gasteiger partial charge in [-0.1, -0.05) is 0 Å². The van der Waals surface area contributed by atoms with E-state index in [2.05, 4.69) is 0 Å². The lowest BCUT2D eigenvalue weighted by molar-refractivity contribution is 0.179. The van der Waals surface area contributed by atoms with Crippen molar-refractivity contribution < 1.29 is 21.6 Å². The van der Waals surface area contributed by atoms with Crippen molar-refractivity contribution in [2.75, 3.05) is 38.1 Å². The number of sulfone groups is 1. The molecule has 9 heteroatoms. The van der Waals surface area contributed by atoms with Crippen molar-refractivity contribution in [1.82, 2.24) is 4.31 Å². The Bertz CT molecular complexity index is 463. The molecule has 0 N–H and O–H groups in total. The fourth-order valence-corrected chi connectivity index (χ4v) is 4.59. The van der Waals surface area contributed by atoms with E-state index in [1.165, 1.54) is 7.11 Å². The van der Waals surface area contributed by atoms with E-state index < -0.39 is 24.9 Å². The Morgan fingerprint density at radius 1 is 1.24 bits per heavy atom. The molecule has 0 atom stereocenters. The Morgan fingerprint density at radius 2 is 1.82 bits per heavy atom. The van der Waals surface area contributed by atoms with Crippen LogP contribution in [0, 0.1) is 11.3 Å². The zero-order valence-electron chi connectivity index (χ0n) is 9.79. The third kappa shape index (κ3) is 7.27. The Balaban J connectivity index is 4.83. The molecule has 0 aromatic carbocycles. The van der Waals surface area contributed by atoms with Crippen LogP contribution in [0.4, 0.5) is 0 Å². The van der Waals surface area contributed by atoms with Gasteiger partial charge in [-0.3, -0.25) is 0 Å². The van der Waals surface area contributed by atoms with Gasteiger partial charge in [0.2, 0.25) is 10.0 Å². The summed E-state index contributed by atoms with van der Waals surface area (Å²) in [5.74, 6) is 0. The van der Waals surface area contributed by atoms with E-state index in [4.69, 9.17) is 10.00 Å². The monoisotopic (exact) mass is 284 g/mol. The number of nitrogens with zero attached hydrogens (tertiary/aromatic N) is 2. The number of hydrogen-bond donors (Lipinski definition) is 0.